The van der Waals surface area contributed by atoms with Crippen LogP contribution in [0, 0.1) is 20.8 Å². The highest BCUT2D eigenvalue weighted by Crippen LogP contribution is 2.30. The molecule has 0 fully saturated rings. The first-order valence-electron chi connectivity index (χ1n) is 7.06. The lowest BCUT2D eigenvalue weighted by Crippen LogP contribution is -2.40. The van der Waals surface area contributed by atoms with Crippen LogP contribution >= 0.6 is 0 Å². The largest absolute Gasteiger partial charge is 0.510 e. The van der Waals surface area contributed by atoms with Gasteiger partial charge in [0, 0.05) is 12.7 Å². The van der Waals surface area contributed by atoms with Gasteiger partial charge in [-0.1, -0.05) is 16.6 Å². The zero-order chi connectivity index (χ0) is 17.5. The van der Waals surface area contributed by atoms with E-state index in [1.54, 1.807) is 27.7 Å². The van der Waals surface area contributed by atoms with Crippen LogP contribution in [0.4, 0.5) is 18.6 Å². The number of halogens is 3. The molecule has 0 unspecified atom stereocenters. The third-order valence-corrected chi connectivity index (χ3v) is 3.49. The Hall–Kier alpha value is -1.66. The topological polar surface area (TPSA) is 38.3 Å². The van der Waals surface area contributed by atoms with Crippen molar-refractivity contribution in [2.24, 2.45) is 0 Å². The molecule has 0 aliphatic heterocycles. The summed E-state index contributed by atoms with van der Waals surface area (Å²) in [6.07, 6.45) is 0. The van der Waals surface area contributed by atoms with E-state index >= 15 is 0 Å². The average molecular weight is 316 g/mol. The molecule has 1 aromatic carbocycles. The van der Waals surface area contributed by atoms with Crippen molar-refractivity contribution in [2.75, 3.05) is 12.4 Å². The number of carbonyl (C=O) groups is 1. The number of benzene rings is 1. The summed E-state index contributed by atoms with van der Waals surface area (Å²) in [5.74, 6) is -0.736. The Labute approximate surface area is 129 Å². The summed E-state index contributed by atoms with van der Waals surface area (Å²) in [6.45, 7) is 4.16. The maximum Gasteiger partial charge on any atom is 0.510 e. The van der Waals surface area contributed by atoms with Gasteiger partial charge in [-0.25, -0.2) is 4.79 Å². The molecule has 0 bridgehead atoms. The van der Waals surface area contributed by atoms with Crippen molar-refractivity contribution in [3.05, 3.63) is 22.3 Å². The normalized spacial score (nSPS) is 12.3. The van der Waals surface area contributed by atoms with E-state index in [9.17, 15) is 17.7 Å². The first kappa shape index (κ1) is 18.4. The van der Waals surface area contributed by atoms with Crippen LogP contribution in [0.5, 0.6) is 0 Å². The molecule has 0 atom stereocenters. The lowest BCUT2D eigenvalue weighted by Gasteiger charge is -2.28. The molecule has 0 aliphatic carbocycles. The Balaban J connectivity index is 3.69. The third kappa shape index (κ3) is 3.57. The predicted molar refractivity (Wildman–Crippen MR) is 84.1 cm³/mol. The molecular weight excluding hydrogens is 294 g/mol. The summed E-state index contributed by atoms with van der Waals surface area (Å²) in [4.78, 5) is 12.4. The van der Waals surface area contributed by atoms with E-state index < -0.39 is 24.0 Å². The van der Waals surface area contributed by atoms with E-state index in [-0.39, 0.29) is 16.7 Å². The van der Waals surface area contributed by atoms with E-state index in [0.29, 0.717) is 11.3 Å². The zero-order valence-corrected chi connectivity index (χ0v) is 14.0. The second-order valence-corrected chi connectivity index (χ2v) is 6.37. The van der Waals surface area contributed by atoms with E-state index in [1.165, 1.54) is 20.9 Å². The molecule has 1 N–H and O–H groups in total. The van der Waals surface area contributed by atoms with Crippen molar-refractivity contribution in [3.8, 4) is 0 Å². The van der Waals surface area contributed by atoms with Crippen molar-refractivity contribution >= 4 is 24.1 Å². The van der Waals surface area contributed by atoms with Gasteiger partial charge in [0.2, 0.25) is 0 Å². The average Bonchev–Trinajstić information content (AvgIpc) is 2.24. The molecule has 0 aliphatic rings. The van der Waals surface area contributed by atoms with Crippen LogP contribution in [0.15, 0.2) is 0 Å². The van der Waals surface area contributed by atoms with Crippen LogP contribution in [0.1, 0.15) is 47.8 Å². The highest BCUT2D eigenvalue weighted by molar-refractivity contribution is 6.74. The molecule has 1 aromatic rings. The van der Waals surface area contributed by atoms with Gasteiger partial charge in [0.15, 0.2) is 0 Å². The third-order valence-electron chi connectivity index (χ3n) is 3.49. The standard InChI is InChI=1S/C15H22BF3NO2/c1-8-11(14(21)22-15(4,5)6)9(2)13(20-7)10(3)12(8)16(17,18)19/h20H,1-7H3/q-1. The van der Waals surface area contributed by atoms with Gasteiger partial charge in [0.05, 0.1) is 5.56 Å². The van der Waals surface area contributed by atoms with Gasteiger partial charge in [0.25, 0.3) is 0 Å². The SMILES string of the molecule is CNc1c(C)c(C(=O)OC(C)(C)C)c(C)c([B-](F)(F)F)c1C. The summed E-state index contributed by atoms with van der Waals surface area (Å²) < 4.78 is 45.5. The van der Waals surface area contributed by atoms with Gasteiger partial charge >= 0.3 is 12.9 Å². The van der Waals surface area contributed by atoms with Gasteiger partial charge in [-0.2, -0.15) is 0 Å². The number of rotatable bonds is 3. The fraction of sp³-hybridized carbons (Fsp3) is 0.533. The molecule has 0 aromatic heterocycles. The molecule has 0 saturated heterocycles. The number of esters is 1. The Kier molecular flexibility index (Phi) is 4.90. The van der Waals surface area contributed by atoms with Crippen molar-refractivity contribution in [1.29, 1.82) is 0 Å². The van der Waals surface area contributed by atoms with Gasteiger partial charge in [0.1, 0.15) is 5.60 Å². The molecule has 22 heavy (non-hydrogen) atoms. The Bertz CT molecular complexity index is 605. The number of carbonyl (C=O) groups excluding carboxylic acids is 1. The summed E-state index contributed by atoms with van der Waals surface area (Å²) in [5.41, 5.74) is -0.691. The summed E-state index contributed by atoms with van der Waals surface area (Å²) in [6, 6.07) is 0. The van der Waals surface area contributed by atoms with Crippen molar-refractivity contribution in [2.45, 2.75) is 47.1 Å². The highest BCUT2D eigenvalue weighted by Gasteiger charge is 2.34. The summed E-state index contributed by atoms with van der Waals surface area (Å²) in [7, 11) is 1.54. The molecule has 124 valence electrons. The Morgan fingerprint density at radius 1 is 1.05 bits per heavy atom. The molecular formula is C15H22BF3NO2-. The fourth-order valence-corrected chi connectivity index (χ4v) is 2.74. The van der Waals surface area contributed by atoms with Crippen molar-refractivity contribution < 1.29 is 22.5 Å². The van der Waals surface area contributed by atoms with E-state index in [2.05, 4.69) is 5.32 Å². The molecule has 0 heterocycles. The first-order chi connectivity index (χ1) is 9.81. The molecule has 0 spiro atoms. The molecule has 1 rings (SSSR count). The smallest absolute Gasteiger partial charge is 0.456 e. The van der Waals surface area contributed by atoms with Crippen LogP contribution in [-0.4, -0.2) is 25.6 Å². The second kappa shape index (κ2) is 5.86. The fourth-order valence-electron chi connectivity index (χ4n) is 2.74. The molecule has 3 nitrogen and oxygen atoms in total. The summed E-state index contributed by atoms with van der Waals surface area (Å²) >= 11 is 0. The molecule has 0 amide bonds. The minimum Gasteiger partial charge on any atom is -0.456 e. The van der Waals surface area contributed by atoms with E-state index in [0.717, 1.165) is 0 Å². The molecule has 0 radical (unpaired) electrons. The van der Waals surface area contributed by atoms with Crippen LogP contribution < -0.4 is 10.8 Å². The number of ether oxygens (including phenoxy) is 1. The Morgan fingerprint density at radius 2 is 1.55 bits per heavy atom. The minimum absolute atomic E-state index is 0.0147. The van der Waals surface area contributed by atoms with Gasteiger partial charge in [-0.05, 0) is 47.1 Å². The summed E-state index contributed by atoms with van der Waals surface area (Å²) in [5, 5.41) is 2.76. The maximum absolute atomic E-state index is 13.4. The maximum atomic E-state index is 13.4. The van der Waals surface area contributed by atoms with E-state index in [1.807, 2.05) is 0 Å². The van der Waals surface area contributed by atoms with Crippen LogP contribution in [-0.2, 0) is 4.74 Å². The quantitative estimate of drug-likeness (QED) is 0.683. The lowest BCUT2D eigenvalue weighted by atomic mass is 9.71. The van der Waals surface area contributed by atoms with Crippen LogP contribution in [0.25, 0.3) is 0 Å². The van der Waals surface area contributed by atoms with Crippen LogP contribution in [0.2, 0.25) is 0 Å². The monoisotopic (exact) mass is 316 g/mol. The first-order valence-corrected chi connectivity index (χ1v) is 7.06. The van der Waals surface area contributed by atoms with Gasteiger partial charge < -0.3 is 23.0 Å². The van der Waals surface area contributed by atoms with Crippen LogP contribution in [0.3, 0.4) is 0 Å². The number of nitrogens with one attached hydrogen (secondary N) is 1. The van der Waals surface area contributed by atoms with Crippen molar-refractivity contribution in [1.82, 2.24) is 0 Å². The molecule has 0 saturated carbocycles. The number of hydrogen-bond acceptors (Lipinski definition) is 3. The molecule has 7 heteroatoms. The zero-order valence-electron chi connectivity index (χ0n) is 14.0. The Morgan fingerprint density at radius 3 is 1.91 bits per heavy atom. The highest BCUT2D eigenvalue weighted by atomic mass is 19.4. The van der Waals surface area contributed by atoms with Crippen molar-refractivity contribution in [3.63, 3.8) is 0 Å². The lowest BCUT2D eigenvalue weighted by molar-refractivity contribution is 0.00682. The van der Waals surface area contributed by atoms with Gasteiger partial charge in [-0.15, -0.1) is 0 Å². The predicted octanol–water partition coefficient (Wildman–Crippen LogP) is 3.66. The van der Waals surface area contributed by atoms with E-state index in [4.69, 9.17) is 4.74 Å². The number of anilines is 1. The van der Waals surface area contributed by atoms with Gasteiger partial charge in [-0.3, -0.25) is 0 Å². The number of hydrogen-bond donors (Lipinski definition) is 1. The minimum atomic E-state index is -5.23. The second-order valence-electron chi connectivity index (χ2n) is 6.37.